The average Bonchev–Trinajstić information content (AvgIpc) is 3.23. The fourth-order valence-electron chi connectivity index (χ4n) is 2.87. The highest BCUT2D eigenvalue weighted by atomic mass is 32.1. The number of nitrogens with one attached hydrogen (secondary N) is 2. The zero-order valence-electron chi connectivity index (χ0n) is 17.3. The number of unbranched alkanes of at least 4 members (excludes halogenated alkanes) is 2. The molecule has 3 aromatic rings. The molecule has 4 N–H and O–H groups in total. The Bertz CT molecular complexity index is 1020. The number of aromatic nitrogens is 2. The molecule has 1 aromatic carbocycles. The van der Waals surface area contributed by atoms with Crippen molar-refractivity contribution in [1.29, 1.82) is 0 Å². The summed E-state index contributed by atoms with van der Waals surface area (Å²) in [5.74, 6) is 0.945. The largest absolute Gasteiger partial charge is 0.497 e. The van der Waals surface area contributed by atoms with E-state index in [0.29, 0.717) is 42.3 Å². The highest BCUT2D eigenvalue weighted by Gasteiger charge is 2.09. The summed E-state index contributed by atoms with van der Waals surface area (Å²) in [4.78, 5) is 32.6. The molecule has 2 aromatic heterocycles. The van der Waals surface area contributed by atoms with Crippen molar-refractivity contribution < 1.29 is 14.3 Å². The van der Waals surface area contributed by atoms with E-state index in [4.69, 9.17) is 10.5 Å². The Labute approximate surface area is 184 Å². The summed E-state index contributed by atoms with van der Waals surface area (Å²) in [6, 6.07) is 11.0. The van der Waals surface area contributed by atoms with Gasteiger partial charge in [0.05, 0.1) is 18.5 Å². The second-order valence-corrected chi connectivity index (χ2v) is 7.72. The van der Waals surface area contributed by atoms with E-state index >= 15 is 0 Å². The van der Waals surface area contributed by atoms with Crippen LogP contribution in [0.3, 0.4) is 0 Å². The molecule has 8 nitrogen and oxygen atoms in total. The van der Waals surface area contributed by atoms with E-state index in [-0.39, 0.29) is 11.8 Å². The first-order valence-corrected chi connectivity index (χ1v) is 10.8. The predicted molar refractivity (Wildman–Crippen MR) is 123 cm³/mol. The lowest BCUT2D eigenvalue weighted by Gasteiger charge is -2.06. The van der Waals surface area contributed by atoms with E-state index in [0.717, 1.165) is 23.4 Å². The van der Waals surface area contributed by atoms with E-state index in [1.165, 1.54) is 11.3 Å². The van der Waals surface area contributed by atoms with Gasteiger partial charge in [-0.3, -0.25) is 9.59 Å². The van der Waals surface area contributed by atoms with Crippen molar-refractivity contribution in [2.75, 3.05) is 23.5 Å². The summed E-state index contributed by atoms with van der Waals surface area (Å²) >= 11 is 1.39. The molecule has 9 heteroatoms. The summed E-state index contributed by atoms with van der Waals surface area (Å²) in [5, 5.41) is 8.01. The standard InChI is InChI=1S/C22H25N5O3S/c1-30-16-11-9-15(10-12-16)18-14-31-22(25-18)27-20(29)8-4-2-3-7-19(28)26-21-17(23)6-5-13-24-21/h5-6,9-14H,2-4,7-8,23H2,1H3,(H,24,26,28)(H,25,27,29). The zero-order valence-corrected chi connectivity index (χ0v) is 18.1. The van der Waals surface area contributed by atoms with Gasteiger partial charge >= 0.3 is 0 Å². The van der Waals surface area contributed by atoms with E-state index in [1.54, 1.807) is 25.4 Å². The molecule has 0 atom stereocenters. The molecule has 0 unspecified atom stereocenters. The van der Waals surface area contributed by atoms with Gasteiger partial charge in [0.15, 0.2) is 10.9 Å². The van der Waals surface area contributed by atoms with E-state index in [9.17, 15) is 9.59 Å². The number of nitrogen functional groups attached to an aromatic ring is 1. The van der Waals surface area contributed by atoms with Crippen LogP contribution in [0.25, 0.3) is 11.3 Å². The van der Waals surface area contributed by atoms with Gasteiger partial charge in [-0.2, -0.15) is 0 Å². The molecular formula is C22H25N5O3S. The number of hydrogen-bond donors (Lipinski definition) is 3. The maximum atomic E-state index is 12.2. The molecule has 2 heterocycles. The lowest BCUT2D eigenvalue weighted by Crippen LogP contribution is -2.14. The van der Waals surface area contributed by atoms with Crippen molar-refractivity contribution in [2.45, 2.75) is 32.1 Å². The van der Waals surface area contributed by atoms with Gasteiger partial charge in [0.25, 0.3) is 0 Å². The van der Waals surface area contributed by atoms with Gasteiger partial charge in [-0.05, 0) is 49.2 Å². The van der Waals surface area contributed by atoms with Gasteiger partial charge in [-0.1, -0.05) is 6.42 Å². The van der Waals surface area contributed by atoms with Crippen LogP contribution >= 0.6 is 11.3 Å². The van der Waals surface area contributed by atoms with Crippen LogP contribution in [0.2, 0.25) is 0 Å². The molecule has 0 radical (unpaired) electrons. The predicted octanol–water partition coefficient (Wildman–Crippen LogP) is 4.32. The molecule has 0 fully saturated rings. The molecule has 0 bridgehead atoms. The fraction of sp³-hybridized carbons (Fsp3) is 0.273. The molecule has 162 valence electrons. The SMILES string of the molecule is COc1ccc(-c2csc(NC(=O)CCCCCC(=O)Nc3ncccc3N)n2)cc1. The molecule has 3 rings (SSSR count). The second kappa shape index (κ2) is 11.1. The number of carbonyl (C=O) groups excluding carboxylic acids is 2. The average molecular weight is 440 g/mol. The third-order valence-electron chi connectivity index (χ3n) is 4.54. The highest BCUT2D eigenvalue weighted by Crippen LogP contribution is 2.26. The highest BCUT2D eigenvalue weighted by molar-refractivity contribution is 7.14. The van der Waals surface area contributed by atoms with Crippen molar-refractivity contribution in [1.82, 2.24) is 9.97 Å². The smallest absolute Gasteiger partial charge is 0.226 e. The summed E-state index contributed by atoms with van der Waals surface area (Å²) < 4.78 is 5.16. The Hall–Kier alpha value is -3.46. The number of nitrogens with two attached hydrogens (primary N) is 1. The zero-order chi connectivity index (χ0) is 22.1. The number of nitrogens with zero attached hydrogens (tertiary/aromatic N) is 2. The Morgan fingerprint density at radius 1 is 1.03 bits per heavy atom. The van der Waals surface area contributed by atoms with Gasteiger partial charge in [-0.15, -0.1) is 11.3 Å². The lowest BCUT2D eigenvalue weighted by atomic mass is 10.1. The molecule has 0 aliphatic rings. The van der Waals surface area contributed by atoms with Gasteiger partial charge in [0, 0.05) is 30.0 Å². The third-order valence-corrected chi connectivity index (χ3v) is 5.30. The number of rotatable bonds is 10. The van der Waals surface area contributed by atoms with Crippen LogP contribution in [0, 0.1) is 0 Å². The summed E-state index contributed by atoms with van der Waals surface area (Å²) in [6.45, 7) is 0. The monoisotopic (exact) mass is 439 g/mol. The number of ether oxygens (including phenoxy) is 1. The first-order valence-electron chi connectivity index (χ1n) is 9.95. The van der Waals surface area contributed by atoms with E-state index < -0.39 is 0 Å². The van der Waals surface area contributed by atoms with Crippen molar-refractivity contribution >= 4 is 39.8 Å². The molecule has 0 saturated carbocycles. The van der Waals surface area contributed by atoms with Crippen LogP contribution in [0.5, 0.6) is 5.75 Å². The van der Waals surface area contributed by atoms with Crippen molar-refractivity contribution in [3.8, 4) is 17.0 Å². The van der Waals surface area contributed by atoms with Crippen LogP contribution in [0.4, 0.5) is 16.6 Å². The Morgan fingerprint density at radius 3 is 2.42 bits per heavy atom. The Kier molecular flexibility index (Phi) is 7.94. The minimum absolute atomic E-state index is 0.0821. The summed E-state index contributed by atoms with van der Waals surface area (Å²) in [5.41, 5.74) is 7.96. The maximum Gasteiger partial charge on any atom is 0.226 e. The minimum Gasteiger partial charge on any atom is -0.497 e. The van der Waals surface area contributed by atoms with Crippen molar-refractivity contribution in [2.24, 2.45) is 0 Å². The topological polar surface area (TPSA) is 119 Å². The first-order chi connectivity index (χ1) is 15.0. The number of thiazole rings is 1. The van der Waals surface area contributed by atoms with Gasteiger partial charge in [0.2, 0.25) is 11.8 Å². The lowest BCUT2D eigenvalue weighted by molar-refractivity contribution is -0.116. The second-order valence-electron chi connectivity index (χ2n) is 6.86. The number of carbonyl (C=O) groups is 2. The van der Waals surface area contributed by atoms with Crippen LogP contribution in [-0.2, 0) is 9.59 Å². The van der Waals surface area contributed by atoms with Crippen LogP contribution in [0.1, 0.15) is 32.1 Å². The molecule has 2 amide bonds. The molecular weight excluding hydrogens is 414 g/mol. The van der Waals surface area contributed by atoms with Crippen LogP contribution in [0.15, 0.2) is 48.0 Å². The summed E-state index contributed by atoms with van der Waals surface area (Å²) in [6.07, 6.45) is 4.47. The number of methoxy groups -OCH3 is 1. The number of anilines is 3. The Balaban J connectivity index is 1.34. The number of benzene rings is 1. The van der Waals surface area contributed by atoms with Gasteiger partial charge < -0.3 is 21.1 Å². The maximum absolute atomic E-state index is 12.2. The quantitative estimate of drug-likeness (QED) is 0.405. The van der Waals surface area contributed by atoms with Gasteiger partial charge in [0.1, 0.15) is 5.75 Å². The first kappa shape index (κ1) is 22.2. The van der Waals surface area contributed by atoms with Crippen LogP contribution in [-0.4, -0.2) is 28.9 Å². The molecule has 0 saturated heterocycles. The number of hydrogen-bond acceptors (Lipinski definition) is 7. The molecule has 0 spiro atoms. The van der Waals surface area contributed by atoms with Crippen molar-refractivity contribution in [3.05, 3.63) is 48.0 Å². The normalized spacial score (nSPS) is 10.5. The number of amides is 2. The fourth-order valence-corrected chi connectivity index (χ4v) is 3.61. The van der Waals surface area contributed by atoms with E-state index in [2.05, 4.69) is 20.6 Å². The Morgan fingerprint density at radius 2 is 1.74 bits per heavy atom. The van der Waals surface area contributed by atoms with Gasteiger partial charge in [-0.25, -0.2) is 9.97 Å². The molecule has 31 heavy (non-hydrogen) atoms. The van der Waals surface area contributed by atoms with E-state index in [1.807, 2.05) is 29.6 Å². The summed E-state index contributed by atoms with van der Waals surface area (Å²) in [7, 11) is 1.62. The number of pyridine rings is 1. The molecule has 0 aliphatic carbocycles. The third kappa shape index (κ3) is 6.78. The van der Waals surface area contributed by atoms with Crippen LogP contribution < -0.4 is 21.1 Å². The minimum atomic E-state index is -0.135. The van der Waals surface area contributed by atoms with Crippen molar-refractivity contribution in [3.63, 3.8) is 0 Å². The molecule has 0 aliphatic heterocycles.